The van der Waals surface area contributed by atoms with Gasteiger partial charge in [-0.2, -0.15) is 0 Å². The van der Waals surface area contributed by atoms with E-state index in [9.17, 15) is 0 Å². The number of hydrogen-bond acceptors (Lipinski definition) is 2. The third kappa shape index (κ3) is 7.03. The lowest BCUT2D eigenvalue weighted by Crippen LogP contribution is -1.90. The van der Waals surface area contributed by atoms with Gasteiger partial charge in [0.25, 0.3) is 0 Å². The molecule has 0 aliphatic rings. The molecule has 0 N–H and O–H groups in total. The van der Waals surface area contributed by atoms with Gasteiger partial charge < -0.3 is 4.84 Å². The lowest BCUT2D eigenvalue weighted by molar-refractivity contribution is 0.151. The second kappa shape index (κ2) is 6.15. The van der Waals surface area contributed by atoms with E-state index in [1.54, 1.807) is 6.21 Å². The number of rotatable bonds is 4. The van der Waals surface area contributed by atoms with Crippen LogP contribution < -0.4 is 0 Å². The van der Waals surface area contributed by atoms with Gasteiger partial charge in [-0.3, -0.25) is 0 Å². The standard InChI is InChI=1S/C8H13NO/c1-4-5-6-10-9-7-8(2)3/h1,7-8H,5-6H2,2-3H3. The zero-order valence-corrected chi connectivity index (χ0v) is 6.50. The van der Waals surface area contributed by atoms with Crippen molar-refractivity contribution in [3.8, 4) is 12.3 Å². The largest absolute Gasteiger partial charge is 0.395 e. The molecule has 0 aromatic carbocycles. The minimum Gasteiger partial charge on any atom is -0.395 e. The van der Waals surface area contributed by atoms with Crippen LogP contribution in [0.3, 0.4) is 0 Å². The maximum Gasteiger partial charge on any atom is 0.128 e. The van der Waals surface area contributed by atoms with E-state index in [1.807, 2.05) is 13.8 Å². The molecule has 0 bridgehead atoms. The van der Waals surface area contributed by atoms with E-state index in [0.717, 1.165) is 0 Å². The summed E-state index contributed by atoms with van der Waals surface area (Å²) in [6.45, 7) is 4.59. The third-order valence-electron chi connectivity index (χ3n) is 0.771. The van der Waals surface area contributed by atoms with Crippen molar-refractivity contribution in [1.29, 1.82) is 0 Å². The Kier molecular flexibility index (Phi) is 5.56. The summed E-state index contributed by atoms with van der Waals surface area (Å²) in [5.41, 5.74) is 0. The Bertz CT molecular complexity index is 133. The van der Waals surface area contributed by atoms with E-state index in [4.69, 9.17) is 11.3 Å². The van der Waals surface area contributed by atoms with Gasteiger partial charge in [0, 0.05) is 12.6 Å². The van der Waals surface area contributed by atoms with Crippen molar-refractivity contribution < 1.29 is 4.84 Å². The van der Waals surface area contributed by atoms with Crippen LogP contribution in [0.4, 0.5) is 0 Å². The fraction of sp³-hybridized carbons (Fsp3) is 0.625. The van der Waals surface area contributed by atoms with Crippen LogP contribution in [-0.4, -0.2) is 12.8 Å². The third-order valence-corrected chi connectivity index (χ3v) is 0.771. The topological polar surface area (TPSA) is 21.6 Å². The summed E-state index contributed by atoms with van der Waals surface area (Å²) < 4.78 is 0. The van der Waals surface area contributed by atoms with E-state index in [1.165, 1.54) is 0 Å². The number of terminal acetylenes is 1. The van der Waals surface area contributed by atoms with Gasteiger partial charge in [0.2, 0.25) is 0 Å². The molecule has 0 atom stereocenters. The molecule has 56 valence electrons. The predicted molar refractivity (Wildman–Crippen MR) is 42.7 cm³/mol. The van der Waals surface area contributed by atoms with Gasteiger partial charge >= 0.3 is 0 Å². The second-order valence-electron chi connectivity index (χ2n) is 2.29. The van der Waals surface area contributed by atoms with Gasteiger partial charge in [0.1, 0.15) is 6.61 Å². The zero-order valence-electron chi connectivity index (χ0n) is 6.50. The summed E-state index contributed by atoms with van der Waals surface area (Å²) in [4.78, 5) is 4.81. The molecule has 0 aromatic rings. The minimum absolute atomic E-state index is 0.436. The van der Waals surface area contributed by atoms with Crippen molar-refractivity contribution in [2.24, 2.45) is 11.1 Å². The summed E-state index contributed by atoms with van der Waals surface area (Å²) >= 11 is 0. The highest BCUT2D eigenvalue weighted by Crippen LogP contribution is 1.86. The maximum absolute atomic E-state index is 4.99. The molecule has 0 aliphatic carbocycles. The Labute approximate surface area is 62.3 Å². The van der Waals surface area contributed by atoms with Gasteiger partial charge in [0.05, 0.1) is 0 Å². The zero-order chi connectivity index (χ0) is 7.82. The first kappa shape index (κ1) is 9.03. The van der Waals surface area contributed by atoms with Crippen LogP contribution in [0, 0.1) is 18.3 Å². The lowest BCUT2D eigenvalue weighted by Gasteiger charge is -1.94. The highest BCUT2D eigenvalue weighted by atomic mass is 16.6. The van der Waals surface area contributed by atoms with Crippen LogP contribution in [0.15, 0.2) is 5.16 Å². The van der Waals surface area contributed by atoms with E-state index < -0.39 is 0 Å². The molecule has 0 saturated carbocycles. The quantitative estimate of drug-likeness (QED) is 0.251. The molecule has 0 heterocycles. The minimum atomic E-state index is 0.436. The Balaban J connectivity index is 3.12. The molecule has 0 fully saturated rings. The lowest BCUT2D eigenvalue weighted by atomic mass is 10.3. The molecule has 0 rings (SSSR count). The molecule has 0 radical (unpaired) electrons. The summed E-state index contributed by atoms with van der Waals surface area (Å²) in [5, 5.41) is 3.69. The normalized spacial score (nSPS) is 10.2. The number of hydrogen-bond donors (Lipinski definition) is 0. The van der Waals surface area contributed by atoms with Gasteiger partial charge in [-0.1, -0.05) is 19.0 Å². The maximum atomic E-state index is 4.99. The number of nitrogens with zero attached hydrogens (tertiary/aromatic N) is 1. The Morgan fingerprint density at radius 3 is 2.90 bits per heavy atom. The van der Waals surface area contributed by atoms with Crippen molar-refractivity contribution in [3.63, 3.8) is 0 Å². The summed E-state index contributed by atoms with van der Waals surface area (Å²) in [7, 11) is 0. The van der Waals surface area contributed by atoms with E-state index in [2.05, 4.69) is 11.1 Å². The highest BCUT2D eigenvalue weighted by molar-refractivity contribution is 5.58. The molecule has 0 unspecified atom stereocenters. The first-order valence-electron chi connectivity index (χ1n) is 3.36. The first-order valence-corrected chi connectivity index (χ1v) is 3.36. The Hall–Kier alpha value is -0.970. The first-order chi connectivity index (χ1) is 4.77. The molecular weight excluding hydrogens is 126 g/mol. The Morgan fingerprint density at radius 1 is 1.70 bits per heavy atom. The summed E-state index contributed by atoms with van der Waals surface area (Å²) in [6.07, 6.45) is 7.36. The van der Waals surface area contributed by atoms with Gasteiger partial charge in [-0.15, -0.1) is 12.3 Å². The van der Waals surface area contributed by atoms with Crippen LogP contribution in [0.5, 0.6) is 0 Å². The van der Waals surface area contributed by atoms with Crippen LogP contribution in [-0.2, 0) is 4.84 Å². The molecule has 0 aromatic heterocycles. The fourth-order valence-corrected chi connectivity index (χ4v) is 0.322. The van der Waals surface area contributed by atoms with Gasteiger partial charge in [0.15, 0.2) is 0 Å². The summed E-state index contributed by atoms with van der Waals surface area (Å²) in [5.74, 6) is 2.89. The number of oxime groups is 1. The van der Waals surface area contributed by atoms with Crippen molar-refractivity contribution >= 4 is 6.21 Å². The molecule has 0 saturated heterocycles. The SMILES string of the molecule is C#CCCON=CC(C)C. The smallest absolute Gasteiger partial charge is 0.128 e. The fourth-order valence-electron chi connectivity index (χ4n) is 0.322. The monoisotopic (exact) mass is 139 g/mol. The van der Waals surface area contributed by atoms with Crippen LogP contribution in [0.25, 0.3) is 0 Å². The van der Waals surface area contributed by atoms with Crippen molar-refractivity contribution in [3.05, 3.63) is 0 Å². The van der Waals surface area contributed by atoms with Gasteiger partial charge in [-0.05, 0) is 5.92 Å². The average Bonchev–Trinajstić information content (AvgIpc) is 1.87. The molecular formula is C8H13NO. The van der Waals surface area contributed by atoms with Gasteiger partial charge in [-0.25, -0.2) is 0 Å². The second-order valence-corrected chi connectivity index (χ2v) is 2.29. The van der Waals surface area contributed by atoms with Crippen molar-refractivity contribution in [2.75, 3.05) is 6.61 Å². The van der Waals surface area contributed by atoms with E-state index >= 15 is 0 Å². The molecule has 0 aliphatic heterocycles. The molecule has 10 heavy (non-hydrogen) atoms. The molecule has 0 spiro atoms. The Morgan fingerprint density at radius 2 is 2.40 bits per heavy atom. The van der Waals surface area contributed by atoms with E-state index in [-0.39, 0.29) is 0 Å². The molecule has 2 heteroatoms. The average molecular weight is 139 g/mol. The predicted octanol–water partition coefficient (Wildman–Crippen LogP) is 1.67. The summed E-state index contributed by atoms with van der Waals surface area (Å²) in [6, 6.07) is 0. The molecule has 2 nitrogen and oxygen atoms in total. The molecule has 0 amide bonds. The van der Waals surface area contributed by atoms with Crippen LogP contribution in [0.2, 0.25) is 0 Å². The van der Waals surface area contributed by atoms with E-state index in [0.29, 0.717) is 18.9 Å². The van der Waals surface area contributed by atoms with Crippen LogP contribution in [0.1, 0.15) is 20.3 Å². The highest BCUT2D eigenvalue weighted by Gasteiger charge is 1.83. The van der Waals surface area contributed by atoms with Crippen molar-refractivity contribution in [1.82, 2.24) is 0 Å². The van der Waals surface area contributed by atoms with Crippen LogP contribution >= 0.6 is 0 Å². The van der Waals surface area contributed by atoms with Crippen molar-refractivity contribution in [2.45, 2.75) is 20.3 Å².